The molecule has 14 heteroatoms. The van der Waals surface area contributed by atoms with Gasteiger partial charge in [-0.25, -0.2) is 14.1 Å². The second-order valence-corrected chi connectivity index (χ2v) is 14.5. The van der Waals surface area contributed by atoms with E-state index in [9.17, 15) is 24.9 Å². The van der Waals surface area contributed by atoms with E-state index in [-0.39, 0.29) is 18.9 Å². The van der Waals surface area contributed by atoms with Gasteiger partial charge in [0.25, 0.3) is 0 Å². The van der Waals surface area contributed by atoms with Crippen LogP contribution in [-0.2, 0) is 33.4 Å². The Balaban J connectivity index is 1.26. The standard InChI is InChI=1S/C35H59N4O9P/c1-4-5-6-7-8-9-10-11-12-13-14-15-16-17-18-19-22-45-23-29(44-3)24-46-49(42,43)47-25-31-33(40)34(41)35(26-36,48-31)32-21-20-30-28(2)37-27-38-39(30)32/h20-21,27,29,31,33-34,40-41H,4-19,22-25H2,1-3H3,(H,42,43)/t29-,31-,33-,34-,35+/m1/s1. The number of aromatic nitrogens is 3. The molecule has 1 saturated heterocycles. The van der Waals surface area contributed by atoms with E-state index < -0.39 is 44.4 Å². The van der Waals surface area contributed by atoms with E-state index >= 15 is 0 Å². The van der Waals surface area contributed by atoms with E-state index in [4.69, 9.17) is 23.3 Å². The molecule has 13 nitrogen and oxygen atoms in total. The molecule has 1 fully saturated rings. The molecule has 0 aromatic carbocycles. The lowest BCUT2D eigenvalue weighted by Crippen LogP contribution is -2.41. The SMILES string of the molecule is CCCCCCCCCCCCCCCCCCOC[C@H](COP(=O)(O)OC[C@H]1O[C@@](C#N)(c2ccc3c(C)ncnn23)[C@H](O)[C@@H]1O)OC. The molecule has 2 aromatic rings. The fraction of sp³-hybridized carbons (Fsp3) is 0.800. The van der Waals surface area contributed by atoms with Crippen molar-refractivity contribution >= 4 is 13.3 Å². The van der Waals surface area contributed by atoms with Crippen molar-refractivity contribution in [2.75, 3.05) is 33.5 Å². The van der Waals surface area contributed by atoms with Gasteiger partial charge in [-0.1, -0.05) is 103 Å². The predicted molar refractivity (Wildman–Crippen MR) is 185 cm³/mol. The molecule has 0 saturated carbocycles. The van der Waals surface area contributed by atoms with Crippen LogP contribution in [0, 0.1) is 18.3 Å². The first-order valence-corrected chi connectivity index (χ1v) is 19.7. The first-order valence-electron chi connectivity index (χ1n) is 18.2. The number of methoxy groups -OCH3 is 1. The molecule has 278 valence electrons. The maximum Gasteiger partial charge on any atom is 0.472 e. The zero-order chi connectivity index (χ0) is 35.5. The van der Waals surface area contributed by atoms with Crippen molar-refractivity contribution in [2.45, 2.75) is 147 Å². The highest BCUT2D eigenvalue weighted by atomic mass is 31.2. The highest BCUT2D eigenvalue weighted by molar-refractivity contribution is 7.47. The van der Waals surface area contributed by atoms with Crippen molar-refractivity contribution < 1.29 is 42.9 Å². The minimum absolute atomic E-state index is 0.176. The molecule has 49 heavy (non-hydrogen) atoms. The van der Waals surface area contributed by atoms with E-state index in [0.29, 0.717) is 17.8 Å². The zero-order valence-electron chi connectivity index (χ0n) is 29.7. The Labute approximate surface area is 291 Å². The molecule has 1 aliphatic rings. The maximum atomic E-state index is 12.6. The third kappa shape index (κ3) is 12.9. The molecule has 0 bridgehead atoms. The monoisotopic (exact) mass is 710 g/mol. The van der Waals surface area contributed by atoms with Crippen LogP contribution in [0.1, 0.15) is 121 Å². The van der Waals surface area contributed by atoms with Crippen LogP contribution in [0.4, 0.5) is 0 Å². The third-order valence-electron chi connectivity index (χ3n) is 9.25. The molecule has 0 radical (unpaired) electrons. The minimum atomic E-state index is -4.61. The number of nitrogens with zero attached hydrogens (tertiary/aromatic N) is 4. The number of phosphoric ester groups is 1. The molecule has 6 atom stereocenters. The summed E-state index contributed by atoms with van der Waals surface area (Å²) in [5.74, 6) is 0. The van der Waals surface area contributed by atoms with Crippen LogP contribution in [0.15, 0.2) is 18.5 Å². The smallest absolute Gasteiger partial charge is 0.387 e. The van der Waals surface area contributed by atoms with Gasteiger partial charge in [-0.05, 0) is 25.5 Å². The van der Waals surface area contributed by atoms with Crippen molar-refractivity contribution in [3.05, 3.63) is 29.8 Å². The molecule has 0 aliphatic carbocycles. The lowest BCUT2D eigenvalue weighted by Gasteiger charge is -2.24. The number of aliphatic hydroxyl groups excluding tert-OH is 2. The second kappa shape index (κ2) is 22.1. The van der Waals surface area contributed by atoms with Crippen LogP contribution < -0.4 is 0 Å². The summed E-state index contributed by atoms with van der Waals surface area (Å²) in [5, 5.41) is 35.7. The van der Waals surface area contributed by atoms with Gasteiger partial charge >= 0.3 is 7.82 Å². The lowest BCUT2D eigenvalue weighted by atomic mass is 9.92. The van der Waals surface area contributed by atoms with E-state index in [1.54, 1.807) is 19.1 Å². The largest absolute Gasteiger partial charge is 0.472 e. The van der Waals surface area contributed by atoms with Gasteiger partial charge in [0.1, 0.15) is 36.8 Å². The Bertz CT molecular complexity index is 1310. The number of hydrogen-bond acceptors (Lipinski definition) is 11. The van der Waals surface area contributed by atoms with Crippen LogP contribution in [0.5, 0.6) is 0 Å². The van der Waals surface area contributed by atoms with Crippen LogP contribution in [0.3, 0.4) is 0 Å². The topological polar surface area (TPSA) is 178 Å². The lowest BCUT2D eigenvalue weighted by molar-refractivity contribution is -0.0662. The van der Waals surface area contributed by atoms with E-state index in [1.165, 1.54) is 108 Å². The first-order chi connectivity index (χ1) is 23.7. The molecule has 3 heterocycles. The quantitative estimate of drug-likeness (QED) is 0.0697. The summed E-state index contributed by atoms with van der Waals surface area (Å²) in [6.07, 6.45) is 16.9. The zero-order valence-corrected chi connectivity index (χ0v) is 30.6. The van der Waals surface area contributed by atoms with E-state index in [0.717, 1.165) is 12.8 Å². The van der Waals surface area contributed by atoms with Crippen LogP contribution in [0.2, 0.25) is 0 Å². The Morgan fingerprint density at radius 3 is 2.12 bits per heavy atom. The number of aliphatic hydroxyl groups is 2. The van der Waals surface area contributed by atoms with Gasteiger partial charge in [-0.15, -0.1) is 0 Å². The number of rotatable bonds is 27. The highest BCUT2D eigenvalue weighted by Gasteiger charge is 2.58. The molecule has 1 aliphatic heterocycles. The van der Waals surface area contributed by atoms with Crippen molar-refractivity contribution in [2.24, 2.45) is 0 Å². The van der Waals surface area contributed by atoms with Crippen LogP contribution in [0.25, 0.3) is 5.52 Å². The molecule has 3 N–H and O–H groups in total. The van der Waals surface area contributed by atoms with Gasteiger partial charge in [-0.2, -0.15) is 10.4 Å². The fourth-order valence-corrected chi connectivity index (χ4v) is 6.95. The summed E-state index contributed by atoms with van der Waals surface area (Å²) < 4.78 is 41.1. The summed E-state index contributed by atoms with van der Waals surface area (Å²) >= 11 is 0. The van der Waals surface area contributed by atoms with E-state index in [2.05, 4.69) is 17.0 Å². The van der Waals surface area contributed by atoms with Crippen molar-refractivity contribution in [1.29, 1.82) is 5.26 Å². The summed E-state index contributed by atoms with van der Waals surface area (Å²) in [6.45, 7) is 3.88. The van der Waals surface area contributed by atoms with Gasteiger partial charge in [0, 0.05) is 13.7 Å². The molecule has 3 rings (SSSR count). The predicted octanol–water partition coefficient (Wildman–Crippen LogP) is 6.30. The number of nitriles is 1. The summed E-state index contributed by atoms with van der Waals surface area (Å²) in [7, 11) is -3.15. The average molecular weight is 711 g/mol. The van der Waals surface area contributed by atoms with Gasteiger partial charge in [0.15, 0.2) is 0 Å². The molecule has 1 unspecified atom stereocenters. The fourth-order valence-electron chi connectivity index (χ4n) is 6.19. The van der Waals surface area contributed by atoms with Crippen LogP contribution >= 0.6 is 7.82 Å². The molecule has 0 spiro atoms. The normalized spacial score (nSPS) is 22.8. The third-order valence-corrected chi connectivity index (χ3v) is 10.2. The molecule has 0 amide bonds. The summed E-state index contributed by atoms with van der Waals surface area (Å²) in [4.78, 5) is 14.4. The van der Waals surface area contributed by atoms with Gasteiger partial charge < -0.3 is 29.3 Å². The van der Waals surface area contributed by atoms with E-state index in [1.807, 2.05) is 6.07 Å². The number of unbranched alkanes of at least 4 members (excludes halogenated alkanes) is 15. The number of ether oxygens (including phenoxy) is 3. The average Bonchev–Trinajstić information content (AvgIpc) is 3.64. The van der Waals surface area contributed by atoms with Gasteiger partial charge in [0.05, 0.1) is 36.7 Å². The Morgan fingerprint density at radius 1 is 0.959 bits per heavy atom. The van der Waals surface area contributed by atoms with Crippen molar-refractivity contribution in [1.82, 2.24) is 14.6 Å². The molecular weight excluding hydrogens is 651 g/mol. The van der Waals surface area contributed by atoms with Gasteiger partial charge in [0.2, 0.25) is 5.60 Å². The number of phosphoric acid groups is 1. The van der Waals surface area contributed by atoms with Gasteiger partial charge in [-0.3, -0.25) is 9.05 Å². The Hall–Kier alpha value is -1.98. The Morgan fingerprint density at radius 2 is 1.55 bits per heavy atom. The van der Waals surface area contributed by atoms with Crippen molar-refractivity contribution in [3.8, 4) is 6.07 Å². The maximum absolute atomic E-state index is 12.6. The number of fused-ring (bicyclic) bond motifs is 1. The molecular formula is C35H59N4O9P. The second-order valence-electron chi connectivity index (χ2n) is 13.1. The van der Waals surface area contributed by atoms with Crippen LogP contribution in [-0.4, -0.2) is 87.7 Å². The highest BCUT2D eigenvalue weighted by Crippen LogP contribution is 2.46. The summed E-state index contributed by atoms with van der Waals surface area (Å²) in [6, 6.07) is 5.16. The first kappa shape index (κ1) is 41.4. The summed E-state index contributed by atoms with van der Waals surface area (Å²) in [5.41, 5.74) is -0.602. The Kier molecular flexibility index (Phi) is 18.7. The number of aryl methyl sites for hydroxylation is 1. The minimum Gasteiger partial charge on any atom is -0.387 e. The van der Waals surface area contributed by atoms with Crippen molar-refractivity contribution in [3.63, 3.8) is 0 Å². The molecule has 2 aromatic heterocycles. The number of hydrogen-bond donors (Lipinski definition) is 3.